The zero-order valence-electron chi connectivity index (χ0n) is 17.0. The van der Waals surface area contributed by atoms with Gasteiger partial charge >= 0.3 is 0 Å². The molecular formula is C22H35NOSi. The van der Waals surface area contributed by atoms with Gasteiger partial charge in [0.05, 0.1) is 0 Å². The maximum absolute atomic E-state index is 6.69. The summed E-state index contributed by atoms with van der Waals surface area (Å²) in [5.41, 5.74) is 1.29. The average Bonchev–Trinajstić information content (AvgIpc) is 2.52. The van der Waals surface area contributed by atoms with Crippen molar-refractivity contribution in [2.75, 3.05) is 0 Å². The van der Waals surface area contributed by atoms with Gasteiger partial charge in [0.2, 0.25) is 0 Å². The lowest BCUT2D eigenvalue weighted by Gasteiger charge is -2.40. The standard InChI is InChI=1S/C22H35NOSi/c1-9-10-18-23(19(2)3)21(24-25(7,8)22(4,5)6)17-16-20-14-12-11-13-15-20/h9-15,17-19H,1,16H2,2-8H3/b18-10+,21-17-. The Labute approximate surface area is 156 Å². The molecule has 0 spiro atoms. The van der Waals surface area contributed by atoms with E-state index in [4.69, 9.17) is 4.43 Å². The molecule has 1 aromatic rings. The van der Waals surface area contributed by atoms with Crippen LogP contribution in [0.15, 0.2) is 67.2 Å². The first-order valence-electron chi connectivity index (χ1n) is 9.09. The van der Waals surface area contributed by atoms with Crippen molar-refractivity contribution in [3.05, 3.63) is 72.8 Å². The highest BCUT2D eigenvalue weighted by Crippen LogP contribution is 2.38. The van der Waals surface area contributed by atoms with Gasteiger partial charge < -0.3 is 9.33 Å². The van der Waals surface area contributed by atoms with Gasteiger partial charge in [-0.2, -0.15) is 0 Å². The predicted molar refractivity (Wildman–Crippen MR) is 113 cm³/mol. The molecule has 0 aliphatic rings. The van der Waals surface area contributed by atoms with Crippen molar-refractivity contribution in [2.45, 2.75) is 65.2 Å². The number of benzene rings is 1. The van der Waals surface area contributed by atoms with Crippen molar-refractivity contribution in [2.24, 2.45) is 0 Å². The molecule has 0 fully saturated rings. The summed E-state index contributed by atoms with van der Waals surface area (Å²) in [5, 5.41) is 0.156. The van der Waals surface area contributed by atoms with Crippen LogP contribution in [-0.2, 0) is 10.8 Å². The van der Waals surface area contributed by atoms with Gasteiger partial charge in [0.1, 0.15) is 0 Å². The smallest absolute Gasteiger partial charge is 0.252 e. The molecule has 0 unspecified atom stereocenters. The number of nitrogens with zero attached hydrogens (tertiary/aromatic N) is 1. The second kappa shape index (κ2) is 9.09. The zero-order chi connectivity index (χ0) is 19.1. The Hall–Kier alpha value is -1.74. The van der Waals surface area contributed by atoms with Crippen LogP contribution in [0.1, 0.15) is 40.2 Å². The second-order valence-electron chi connectivity index (χ2n) is 8.17. The highest BCUT2D eigenvalue weighted by molar-refractivity contribution is 6.74. The molecule has 0 aliphatic heterocycles. The van der Waals surface area contributed by atoms with E-state index in [1.54, 1.807) is 6.08 Å². The molecule has 0 saturated carbocycles. The normalized spacial score (nSPS) is 13.4. The highest BCUT2D eigenvalue weighted by Gasteiger charge is 2.40. The SMILES string of the molecule is C=C/C=C/N(/C(=C/Cc1ccccc1)O[Si](C)(C)C(C)(C)C)C(C)C. The second-order valence-corrected chi connectivity index (χ2v) is 12.9. The molecule has 25 heavy (non-hydrogen) atoms. The molecule has 0 radical (unpaired) electrons. The first-order chi connectivity index (χ1) is 11.6. The van der Waals surface area contributed by atoms with Crippen LogP contribution in [0.2, 0.25) is 18.1 Å². The fraction of sp³-hybridized carbons (Fsp3) is 0.455. The molecule has 0 saturated heterocycles. The van der Waals surface area contributed by atoms with E-state index in [2.05, 4.69) is 95.7 Å². The number of hydrogen-bond acceptors (Lipinski definition) is 2. The van der Waals surface area contributed by atoms with Gasteiger partial charge in [-0.15, -0.1) is 0 Å². The fourth-order valence-corrected chi connectivity index (χ4v) is 3.10. The molecule has 0 aromatic heterocycles. The molecular weight excluding hydrogens is 322 g/mol. The number of rotatable bonds is 8. The Bertz CT molecular complexity index is 594. The van der Waals surface area contributed by atoms with Crippen LogP contribution in [0.25, 0.3) is 0 Å². The Morgan fingerprint density at radius 3 is 2.28 bits per heavy atom. The monoisotopic (exact) mass is 357 g/mol. The molecule has 0 N–H and O–H groups in total. The summed E-state index contributed by atoms with van der Waals surface area (Å²) < 4.78 is 6.69. The van der Waals surface area contributed by atoms with E-state index in [1.165, 1.54) is 5.56 Å². The van der Waals surface area contributed by atoms with Gasteiger partial charge in [-0.3, -0.25) is 0 Å². The van der Waals surface area contributed by atoms with Crippen molar-refractivity contribution in [3.8, 4) is 0 Å². The van der Waals surface area contributed by atoms with E-state index in [0.717, 1.165) is 12.3 Å². The maximum atomic E-state index is 6.69. The van der Waals surface area contributed by atoms with Crippen LogP contribution in [0.4, 0.5) is 0 Å². The third kappa shape index (κ3) is 6.58. The van der Waals surface area contributed by atoms with Crippen LogP contribution in [0.3, 0.4) is 0 Å². The predicted octanol–water partition coefficient (Wildman–Crippen LogP) is 6.50. The number of hydrogen-bond donors (Lipinski definition) is 0. The largest absolute Gasteiger partial charge is 0.532 e. The van der Waals surface area contributed by atoms with Gasteiger partial charge in [-0.1, -0.05) is 63.8 Å². The average molecular weight is 358 g/mol. The van der Waals surface area contributed by atoms with E-state index in [9.17, 15) is 0 Å². The lowest BCUT2D eigenvalue weighted by atomic mass is 10.1. The Balaban J connectivity index is 3.20. The molecule has 0 amide bonds. The van der Waals surface area contributed by atoms with Gasteiger partial charge in [-0.25, -0.2) is 0 Å². The van der Waals surface area contributed by atoms with E-state index >= 15 is 0 Å². The summed E-state index contributed by atoms with van der Waals surface area (Å²) in [6.07, 6.45) is 8.89. The zero-order valence-corrected chi connectivity index (χ0v) is 18.0. The minimum atomic E-state index is -1.92. The van der Waals surface area contributed by atoms with Crippen molar-refractivity contribution in [1.82, 2.24) is 4.90 Å². The summed E-state index contributed by atoms with van der Waals surface area (Å²) in [6, 6.07) is 10.8. The van der Waals surface area contributed by atoms with Crippen LogP contribution in [0.5, 0.6) is 0 Å². The third-order valence-corrected chi connectivity index (χ3v) is 9.05. The van der Waals surface area contributed by atoms with Crippen LogP contribution < -0.4 is 0 Å². The van der Waals surface area contributed by atoms with E-state index in [0.29, 0.717) is 6.04 Å². The van der Waals surface area contributed by atoms with Crippen LogP contribution in [0, 0.1) is 0 Å². The Morgan fingerprint density at radius 1 is 1.20 bits per heavy atom. The van der Waals surface area contributed by atoms with Gasteiger partial charge in [0.25, 0.3) is 8.32 Å². The van der Waals surface area contributed by atoms with Crippen molar-refractivity contribution >= 4 is 8.32 Å². The quantitative estimate of drug-likeness (QED) is 0.299. The first kappa shape index (κ1) is 21.3. The molecule has 0 atom stereocenters. The summed E-state index contributed by atoms with van der Waals surface area (Å²) >= 11 is 0. The molecule has 0 bridgehead atoms. The highest BCUT2D eigenvalue weighted by atomic mass is 28.4. The summed E-state index contributed by atoms with van der Waals surface area (Å²) in [4.78, 5) is 2.20. The lowest BCUT2D eigenvalue weighted by Crippen LogP contribution is -2.43. The number of allylic oxidation sites excluding steroid dienone is 3. The van der Waals surface area contributed by atoms with E-state index in [-0.39, 0.29) is 5.04 Å². The molecule has 2 nitrogen and oxygen atoms in total. The molecule has 0 heterocycles. The Morgan fingerprint density at radius 2 is 1.80 bits per heavy atom. The van der Waals surface area contributed by atoms with Gasteiger partial charge in [0.15, 0.2) is 5.88 Å². The third-order valence-electron chi connectivity index (χ3n) is 4.71. The summed E-state index contributed by atoms with van der Waals surface area (Å²) in [5.74, 6) is 0.948. The lowest BCUT2D eigenvalue weighted by molar-refractivity contribution is 0.222. The summed E-state index contributed by atoms with van der Waals surface area (Å²) in [6.45, 7) is 19.5. The first-order valence-corrected chi connectivity index (χ1v) is 12.0. The maximum Gasteiger partial charge on any atom is 0.252 e. The molecule has 1 rings (SSSR count). The Kier molecular flexibility index (Phi) is 7.75. The van der Waals surface area contributed by atoms with Gasteiger partial charge in [0, 0.05) is 12.2 Å². The molecule has 1 aromatic carbocycles. The van der Waals surface area contributed by atoms with Crippen molar-refractivity contribution < 1.29 is 4.43 Å². The minimum absolute atomic E-state index is 0.156. The van der Waals surface area contributed by atoms with Gasteiger partial charge in [-0.05, 0) is 56.1 Å². The molecule has 138 valence electrons. The topological polar surface area (TPSA) is 12.5 Å². The summed E-state index contributed by atoms with van der Waals surface area (Å²) in [7, 11) is -1.92. The van der Waals surface area contributed by atoms with Crippen molar-refractivity contribution in [1.29, 1.82) is 0 Å². The molecule has 3 heteroatoms. The van der Waals surface area contributed by atoms with Crippen LogP contribution >= 0.6 is 0 Å². The fourth-order valence-electron chi connectivity index (χ4n) is 2.09. The molecule has 0 aliphatic carbocycles. The minimum Gasteiger partial charge on any atom is -0.532 e. The van der Waals surface area contributed by atoms with E-state index < -0.39 is 8.32 Å². The van der Waals surface area contributed by atoms with Crippen molar-refractivity contribution in [3.63, 3.8) is 0 Å². The van der Waals surface area contributed by atoms with E-state index in [1.807, 2.05) is 12.1 Å². The van der Waals surface area contributed by atoms with Crippen LogP contribution in [-0.4, -0.2) is 19.3 Å².